The Kier molecular flexibility index (Phi) is 7.74. The van der Waals surface area contributed by atoms with Crippen LogP contribution in [0.25, 0.3) is 33.4 Å². The zero-order valence-corrected chi connectivity index (χ0v) is 32.9. The van der Waals surface area contributed by atoms with E-state index < -0.39 is 5.41 Å². The molecule has 2 atom stereocenters. The third-order valence-electron chi connectivity index (χ3n) is 14.1. The van der Waals surface area contributed by atoms with Crippen LogP contribution < -0.4 is 4.90 Å². The molecule has 5 aliphatic carbocycles. The quantitative estimate of drug-likeness (QED) is 0.154. The smallest absolute Gasteiger partial charge is 0.0726 e. The van der Waals surface area contributed by atoms with Crippen LogP contribution >= 0.6 is 0 Å². The van der Waals surface area contributed by atoms with E-state index in [1.54, 1.807) is 0 Å². The van der Waals surface area contributed by atoms with E-state index in [1.807, 2.05) is 6.08 Å². The van der Waals surface area contributed by atoms with Crippen LogP contribution in [0, 0.1) is 11.8 Å². The molecule has 2 spiro atoms. The highest BCUT2D eigenvalue weighted by molar-refractivity contribution is 5.96. The first-order valence-electron chi connectivity index (χ1n) is 20.9. The zero-order chi connectivity index (χ0) is 38.3. The molecular formula is C56H47N. The first kappa shape index (κ1) is 34.1. The summed E-state index contributed by atoms with van der Waals surface area (Å²) in [5.74, 6) is 0.445. The topological polar surface area (TPSA) is 3.24 Å². The molecule has 0 radical (unpaired) electrons. The summed E-state index contributed by atoms with van der Waals surface area (Å²) in [5, 5.41) is 0. The van der Waals surface area contributed by atoms with E-state index in [0.717, 1.165) is 0 Å². The number of benzene rings is 6. The maximum atomic E-state index is 4.03. The summed E-state index contributed by atoms with van der Waals surface area (Å²) in [7, 11) is 0. The molecule has 11 rings (SSSR count). The Balaban J connectivity index is 1.18. The lowest BCUT2D eigenvalue weighted by Crippen LogP contribution is -2.30. The van der Waals surface area contributed by atoms with Gasteiger partial charge in [0.2, 0.25) is 0 Å². The SMILES string of the molecule is C=CC=CC(=CC)C1C(N(c2ccc3c(c2)C2(CCCC2)c2ccccc2-3)c2ccc3c(c2)C2(c4ccccc4-c4ccccc42)c2ccccc2-3)=CC=CC1C. The van der Waals surface area contributed by atoms with Crippen LogP contribution in [0.4, 0.5) is 11.4 Å². The molecule has 0 amide bonds. The van der Waals surface area contributed by atoms with Gasteiger partial charge in [-0.15, -0.1) is 0 Å². The average Bonchev–Trinajstić information content (AvgIpc) is 4.01. The van der Waals surface area contributed by atoms with Gasteiger partial charge >= 0.3 is 0 Å². The fourth-order valence-corrected chi connectivity index (χ4v) is 11.8. The molecule has 0 aliphatic heterocycles. The first-order valence-corrected chi connectivity index (χ1v) is 20.9. The predicted molar refractivity (Wildman–Crippen MR) is 239 cm³/mol. The summed E-state index contributed by atoms with van der Waals surface area (Å²) in [6.07, 6.45) is 20.5. The monoisotopic (exact) mass is 733 g/mol. The predicted octanol–water partition coefficient (Wildman–Crippen LogP) is 14.4. The number of fused-ring (bicyclic) bond motifs is 15. The molecule has 5 aliphatic rings. The van der Waals surface area contributed by atoms with Gasteiger partial charge in [0.1, 0.15) is 0 Å². The molecule has 1 heteroatoms. The van der Waals surface area contributed by atoms with Crippen molar-refractivity contribution in [3.05, 3.63) is 227 Å². The molecule has 0 N–H and O–H groups in total. The molecule has 1 fully saturated rings. The summed E-state index contributed by atoms with van der Waals surface area (Å²) in [6.45, 7) is 8.57. The van der Waals surface area contributed by atoms with Crippen molar-refractivity contribution in [2.75, 3.05) is 4.90 Å². The van der Waals surface area contributed by atoms with Crippen LogP contribution in [0.15, 0.2) is 194 Å². The van der Waals surface area contributed by atoms with Crippen molar-refractivity contribution in [3.8, 4) is 33.4 Å². The van der Waals surface area contributed by atoms with Crippen molar-refractivity contribution in [2.45, 2.75) is 50.4 Å². The molecule has 6 aromatic rings. The molecule has 1 saturated carbocycles. The molecule has 0 aromatic heterocycles. The van der Waals surface area contributed by atoms with Gasteiger partial charge in [0.25, 0.3) is 0 Å². The van der Waals surface area contributed by atoms with Gasteiger partial charge in [0.15, 0.2) is 0 Å². The van der Waals surface area contributed by atoms with Crippen LogP contribution in [-0.4, -0.2) is 0 Å². The van der Waals surface area contributed by atoms with E-state index in [0.29, 0.717) is 5.92 Å². The van der Waals surface area contributed by atoms with Crippen molar-refractivity contribution in [2.24, 2.45) is 11.8 Å². The van der Waals surface area contributed by atoms with Gasteiger partial charge in [-0.05, 0) is 128 Å². The molecular weight excluding hydrogens is 687 g/mol. The third-order valence-corrected chi connectivity index (χ3v) is 14.1. The van der Waals surface area contributed by atoms with Crippen LogP contribution in [0.5, 0.6) is 0 Å². The van der Waals surface area contributed by atoms with Gasteiger partial charge in [-0.3, -0.25) is 0 Å². The van der Waals surface area contributed by atoms with Crippen molar-refractivity contribution < 1.29 is 0 Å². The minimum Gasteiger partial charge on any atom is -0.314 e. The highest BCUT2D eigenvalue weighted by Gasteiger charge is 2.52. The molecule has 6 aromatic carbocycles. The lowest BCUT2D eigenvalue weighted by Gasteiger charge is -2.38. The van der Waals surface area contributed by atoms with Crippen molar-refractivity contribution in [1.82, 2.24) is 0 Å². The number of hydrogen-bond acceptors (Lipinski definition) is 1. The highest BCUT2D eigenvalue weighted by atomic mass is 15.2. The number of hydrogen-bond donors (Lipinski definition) is 0. The van der Waals surface area contributed by atoms with Crippen LogP contribution in [-0.2, 0) is 10.8 Å². The average molecular weight is 734 g/mol. The third kappa shape index (κ3) is 4.63. The minimum absolute atomic E-state index is 0.0727. The molecule has 2 unspecified atom stereocenters. The summed E-state index contributed by atoms with van der Waals surface area (Å²) in [6, 6.07) is 51.4. The lowest BCUT2D eigenvalue weighted by molar-refractivity contribution is 0.545. The van der Waals surface area contributed by atoms with Crippen LogP contribution in [0.2, 0.25) is 0 Å². The van der Waals surface area contributed by atoms with Crippen molar-refractivity contribution in [1.29, 1.82) is 0 Å². The van der Waals surface area contributed by atoms with Crippen molar-refractivity contribution in [3.63, 3.8) is 0 Å². The fourth-order valence-electron chi connectivity index (χ4n) is 11.8. The molecule has 1 nitrogen and oxygen atoms in total. The molecule has 0 saturated heterocycles. The molecule has 0 heterocycles. The van der Waals surface area contributed by atoms with Gasteiger partial charge < -0.3 is 4.90 Å². The summed E-state index contributed by atoms with van der Waals surface area (Å²) in [5.41, 5.74) is 21.3. The van der Waals surface area contributed by atoms with Gasteiger partial charge in [0, 0.05) is 28.4 Å². The van der Waals surface area contributed by atoms with Gasteiger partial charge in [0.05, 0.1) is 5.41 Å². The standard InChI is InChI=1S/C56H47N/c1-4-6-19-38(5-2)54-37(3)18-17-28-53(54)57(39-29-31-45-41-20-7-11-24-47(41)55(51(45)35-39)33-15-16-34-55)40-30-32-46-44-23-10-14-27-50(44)56(52(46)36-40)48-25-12-8-21-42(48)43-22-9-13-26-49(43)56/h4-14,17-32,35-37,54H,1,15-16,33-34H2,2-3H3. The van der Waals surface area contributed by atoms with E-state index >= 15 is 0 Å². The molecule has 0 bridgehead atoms. The second-order valence-corrected chi connectivity index (χ2v) is 16.7. The molecule has 57 heavy (non-hydrogen) atoms. The Hall–Kier alpha value is -6.18. The number of allylic oxidation sites excluding steroid dienone is 8. The van der Waals surface area contributed by atoms with E-state index in [2.05, 4.69) is 195 Å². The number of nitrogens with zero attached hydrogens (tertiary/aromatic N) is 1. The van der Waals surface area contributed by atoms with Gasteiger partial charge in [-0.2, -0.15) is 0 Å². The maximum Gasteiger partial charge on any atom is 0.0726 e. The Morgan fingerprint density at radius 1 is 0.614 bits per heavy atom. The molecule has 276 valence electrons. The first-order chi connectivity index (χ1) is 28.1. The zero-order valence-electron chi connectivity index (χ0n) is 32.9. The summed E-state index contributed by atoms with van der Waals surface area (Å²) in [4.78, 5) is 2.62. The maximum absolute atomic E-state index is 4.03. The van der Waals surface area contributed by atoms with Gasteiger partial charge in [-0.25, -0.2) is 0 Å². The van der Waals surface area contributed by atoms with Gasteiger partial charge in [-0.1, -0.05) is 172 Å². The summed E-state index contributed by atoms with van der Waals surface area (Å²) >= 11 is 0. The van der Waals surface area contributed by atoms with Crippen LogP contribution in [0.3, 0.4) is 0 Å². The second-order valence-electron chi connectivity index (χ2n) is 16.7. The normalized spacial score (nSPS) is 19.9. The Labute approximate surface area is 337 Å². The Morgan fingerprint density at radius 2 is 1.11 bits per heavy atom. The highest BCUT2D eigenvalue weighted by Crippen LogP contribution is 2.64. The lowest BCUT2D eigenvalue weighted by atomic mass is 9.70. The van der Waals surface area contributed by atoms with Crippen LogP contribution in [0.1, 0.15) is 72.9 Å². The fraction of sp³-hybridized carbons (Fsp3) is 0.179. The Bertz CT molecular complexity index is 2700. The number of rotatable bonds is 6. The second kappa shape index (κ2) is 12.9. The van der Waals surface area contributed by atoms with Crippen molar-refractivity contribution >= 4 is 11.4 Å². The van der Waals surface area contributed by atoms with E-state index in [4.69, 9.17) is 0 Å². The van der Waals surface area contributed by atoms with E-state index in [1.165, 1.54) is 115 Å². The van der Waals surface area contributed by atoms with E-state index in [9.17, 15) is 0 Å². The number of anilines is 2. The Morgan fingerprint density at radius 3 is 1.67 bits per heavy atom. The largest absolute Gasteiger partial charge is 0.314 e. The van der Waals surface area contributed by atoms with E-state index in [-0.39, 0.29) is 11.3 Å². The minimum atomic E-state index is -0.414. The summed E-state index contributed by atoms with van der Waals surface area (Å²) < 4.78 is 0.